The Balaban J connectivity index is 2.00. The molecule has 3 N–H and O–H groups in total. The highest BCUT2D eigenvalue weighted by Gasteiger charge is 2.12. The number of benzene rings is 2. The first kappa shape index (κ1) is 15.4. The van der Waals surface area contributed by atoms with E-state index in [9.17, 15) is 9.59 Å². The van der Waals surface area contributed by atoms with Crippen LogP contribution in [-0.4, -0.2) is 27.1 Å². The molecule has 3 aromatic rings. The highest BCUT2D eigenvalue weighted by atomic mass is 79.9. The lowest BCUT2D eigenvalue weighted by Crippen LogP contribution is -2.04. The molecule has 0 bridgehead atoms. The predicted octanol–water partition coefficient (Wildman–Crippen LogP) is 4.20. The molecule has 0 spiro atoms. The van der Waals surface area contributed by atoms with E-state index in [2.05, 4.69) is 26.2 Å². The lowest BCUT2D eigenvalue weighted by molar-refractivity contribution is 0.0696. The smallest absolute Gasteiger partial charge is 0.335 e. The fourth-order valence-electron chi connectivity index (χ4n) is 2.02. The summed E-state index contributed by atoms with van der Waals surface area (Å²) >= 11 is 4.78. The Morgan fingerprint density at radius 1 is 1.04 bits per heavy atom. The summed E-state index contributed by atoms with van der Waals surface area (Å²) in [4.78, 5) is 26.6. The molecule has 0 amide bonds. The Kier molecular flexibility index (Phi) is 4.01. The molecule has 0 unspecified atom stereocenters. The Morgan fingerprint density at radius 2 is 1.70 bits per heavy atom. The maximum absolute atomic E-state index is 11.1. The molecule has 0 atom stereocenters. The Bertz CT molecular complexity index is 906. The van der Waals surface area contributed by atoms with Crippen molar-refractivity contribution in [1.82, 2.24) is 4.98 Å². The second kappa shape index (κ2) is 5.98. The van der Waals surface area contributed by atoms with Crippen molar-refractivity contribution in [1.29, 1.82) is 0 Å². The number of carboxylic acids is 2. The number of fused-ring (bicyclic) bond motifs is 1. The fourth-order valence-corrected chi connectivity index (χ4v) is 3.46. The molecule has 0 aliphatic heterocycles. The van der Waals surface area contributed by atoms with E-state index >= 15 is 0 Å². The maximum Gasteiger partial charge on any atom is 0.335 e. The minimum atomic E-state index is -1.19. The predicted molar refractivity (Wildman–Crippen MR) is 91.0 cm³/mol. The summed E-state index contributed by atoms with van der Waals surface area (Å²) in [5.41, 5.74) is 0.960. The molecular weight excluding hydrogens is 384 g/mol. The normalized spacial score (nSPS) is 10.7. The Morgan fingerprint density at radius 3 is 2.30 bits per heavy atom. The summed E-state index contributed by atoms with van der Waals surface area (Å²) < 4.78 is 1.89. The molecule has 0 saturated carbocycles. The number of carboxylic acid groups (broad SMARTS) is 2. The summed E-state index contributed by atoms with van der Waals surface area (Å²) in [7, 11) is 0. The number of nitrogens with one attached hydrogen (secondary N) is 1. The molecule has 0 radical (unpaired) electrons. The molecule has 0 saturated heterocycles. The molecule has 6 nitrogen and oxygen atoms in total. The molecule has 2 aromatic carbocycles. The minimum Gasteiger partial charge on any atom is -0.478 e. The van der Waals surface area contributed by atoms with Crippen molar-refractivity contribution in [2.75, 3.05) is 5.32 Å². The average molecular weight is 393 g/mol. The van der Waals surface area contributed by atoms with Gasteiger partial charge < -0.3 is 15.5 Å². The van der Waals surface area contributed by atoms with Crippen molar-refractivity contribution >= 4 is 60.2 Å². The average Bonchev–Trinajstić information content (AvgIpc) is 2.87. The van der Waals surface area contributed by atoms with Crippen LogP contribution >= 0.6 is 27.3 Å². The molecule has 0 aliphatic rings. The quantitative estimate of drug-likeness (QED) is 0.615. The number of carbonyl (C=O) groups is 2. The van der Waals surface area contributed by atoms with Gasteiger partial charge in [-0.2, -0.15) is 0 Å². The van der Waals surface area contributed by atoms with Crippen molar-refractivity contribution in [3.8, 4) is 0 Å². The van der Waals surface area contributed by atoms with Gasteiger partial charge in [-0.3, -0.25) is 0 Å². The zero-order chi connectivity index (χ0) is 16.6. The van der Waals surface area contributed by atoms with Crippen LogP contribution in [0, 0.1) is 0 Å². The summed E-state index contributed by atoms with van der Waals surface area (Å²) in [6.07, 6.45) is 0. The second-order valence-corrected chi connectivity index (χ2v) is 6.61. The maximum atomic E-state index is 11.1. The zero-order valence-electron chi connectivity index (χ0n) is 11.4. The number of nitrogens with zero attached hydrogens (tertiary/aromatic N) is 1. The topological polar surface area (TPSA) is 99.5 Å². The minimum absolute atomic E-state index is 0.101. The highest BCUT2D eigenvalue weighted by Crippen LogP contribution is 2.30. The molecule has 1 aromatic heterocycles. The molecule has 23 heavy (non-hydrogen) atoms. The molecule has 0 fully saturated rings. The molecule has 0 aliphatic carbocycles. The van der Waals surface area contributed by atoms with Crippen LogP contribution in [-0.2, 0) is 0 Å². The van der Waals surface area contributed by atoms with Crippen molar-refractivity contribution in [3.05, 3.63) is 52.0 Å². The van der Waals surface area contributed by atoms with Crippen LogP contribution < -0.4 is 5.32 Å². The lowest BCUT2D eigenvalue weighted by Gasteiger charge is -2.06. The monoisotopic (exact) mass is 392 g/mol. The van der Waals surface area contributed by atoms with E-state index in [0.29, 0.717) is 10.8 Å². The first-order valence-electron chi connectivity index (χ1n) is 6.37. The molecule has 3 rings (SSSR count). The van der Waals surface area contributed by atoms with E-state index in [1.807, 2.05) is 18.2 Å². The zero-order valence-corrected chi connectivity index (χ0v) is 13.8. The molecule has 116 valence electrons. The van der Waals surface area contributed by atoms with Crippen molar-refractivity contribution < 1.29 is 19.8 Å². The van der Waals surface area contributed by atoms with Gasteiger partial charge in [-0.25, -0.2) is 14.6 Å². The number of halogens is 1. The van der Waals surface area contributed by atoms with Crippen LogP contribution in [0.1, 0.15) is 20.7 Å². The summed E-state index contributed by atoms with van der Waals surface area (Å²) in [5.74, 6) is -2.38. The number of anilines is 2. The third kappa shape index (κ3) is 3.33. The number of rotatable bonds is 4. The summed E-state index contributed by atoms with van der Waals surface area (Å²) in [6.45, 7) is 0. The lowest BCUT2D eigenvalue weighted by atomic mass is 10.1. The SMILES string of the molecule is O=C(O)c1cc(Nc2nc3ccc(Br)cc3s2)cc(C(=O)O)c1. The highest BCUT2D eigenvalue weighted by molar-refractivity contribution is 9.10. The van der Waals surface area contributed by atoms with Crippen molar-refractivity contribution in [3.63, 3.8) is 0 Å². The van der Waals surface area contributed by atoms with Gasteiger partial charge in [-0.15, -0.1) is 0 Å². The van der Waals surface area contributed by atoms with Crippen LogP contribution in [0.25, 0.3) is 10.2 Å². The molecular formula is C15H9BrN2O4S. The van der Waals surface area contributed by atoms with Gasteiger partial charge in [0, 0.05) is 10.2 Å². The van der Waals surface area contributed by atoms with Crippen LogP contribution in [0.4, 0.5) is 10.8 Å². The van der Waals surface area contributed by atoms with Crippen molar-refractivity contribution in [2.24, 2.45) is 0 Å². The van der Waals surface area contributed by atoms with Crippen LogP contribution in [0.3, 0.4) is 0 Å². The third-order valence-corrected chi connectivity index (χ3v) is 4.46. The van der Waals surface area contributed by atoms with Gasteiger partial charge in [0.1, 0.15) is 0 Å². The second-order valence-electron chi connectivity index (χ2n) is 4.67. The van der Waals surface area contributed by atoms with E-state index in [0.717, 1.165) is 20.8 Å². The van der Waals surface area contributed by atoms with E-state index in [-0.39, 0.29) is 11.1 Å². The molecule has 8 heteroatoms. The first-order valence-corrected chi connectivity index (χ1v) is 7.98. The Labute approximate surface area is 142 Å². The van der Waals surface area contributed by atoms with E-state index in [1.54, 1.807) is 0 Å². The van der Waals surface area contributed by atoms with Gasteiger partial charge in [0.15, 0.2) is 5.13 Å². The van der Waals surface area contributed by atoms with Crippen molar-refractivity contribution in [2.45, 2.75) is 0 Å². The fraction of sp³-hybridized carbons (Fsp3) is 0. The van der Waals surface area contributed by atoms with Gasteiger partial charge in [-0.05, 0) is 36.4 Å². The van der Waals surface area contributed by atoms with Gasteiger partial charge >= 0.3 is 11.9 Å². The van der Waals surface area contributed by atoms with Gasteiger partial charge in [0.25, 0.3) is 0 Å². The summed E-state index contributed by atoms with van der Waals surface area (Å²) in [6, 6.07) is 9.52. The van der Waals surface area contributed by atoms with Crippen LogP contribution in [0.15, 0.2) is 40.9 Å². The Hall–Kier alpha value is -2.45. The molecule has 1 heterocycles. The van der Waals surface area contributed by atoms with E-state index < -0.39 is 11.9 Å². The number of hydrogen-bond acceptors (Lipinski definition) is 5. The van der Waals surface area contributed by atoms with Gasteiger partial charge in [0.05, 0.1) is 21.3 Å². The van der Waals surface area contributed by atoms with Gasteiger partial charge in [-0.1, -0.05) is 27.3 Å². The number of hydrogen-bond donors (Lipinski definition) is 3. The summed E-state index contributed by atoms with van der Waals surface area (Å²) in [5, 5.41) is 21.7. The third-order valence-electron chi connectivity index (χ3n) is 3.03. The standard InChI is InChI=1S/C15H9BrN2O4S/c16-9-1-2-11-12(6-9)23-15(18-11)17-10-4-7(13(19)20)3-8(5-10)14(21)22/h1-6H,(H,17,18)(H,19,20)(H,21,22). The van der Waals surface area contributed by atoms with Gasteiger partial charge in [0.2, 0.25) is 0 Å². The van der Waals surface area contributed by atoms with E-state index in [4.69, 9.17) is 10.2 Å². The van der Waals surface area contributed by atoms with Crippen LogP contribution in [0.5, 0.6) is 0 Å². The largest absolute Gasteiger partial charge is 0.478 e. The first-order chi connectivity index (χ1) is 10.9. The van der Waals surface area contributed by atoms with E-state index in [1.165, 1.54) is 23.5 Å². The number of aromatic carboxylic acids is 2. The van der Waals surface area contributed by atoms with Crippen LogP contribution in [0.2, 0.25) is 0 Å². The number of thiazole rings is 1. The number of aromatic nitrogens is 1.